The Hall–Kier alpha value is -3.15. The zero-order chi connectivity index (χ0) is 17.6. The molecule has 0 spiro atoms. The standard InChI is InChI=1S/C19H16N2O4/c1-11-20-15-9-13(7-8-16(15)24-11)21-18(23)19(2)10-12-5-3-4-6-14(12)17(22)25-19/h3-9H,10H2,1-2H3,(H,21,23). The molecule has 0 bridgehead atoms. The second-order valence-electron chi connectivity index (χ2n) is 6.32. The van der Waals surface area contributed by atoms with E-state index >= 15 is 0 Å². The molecular weight excluding hydrogens is 320 g/mol. The zero-order valence-electron chi connectivity index (χ0n) is 13.8. The van der Waals surface area contributed by atoms with E-state index in [9.17, 15) is 9.59 Å². The highest BCUT2D eigenvalue weighted by atomic mass is 16.6. The van der Waals surface area contributed by atoms with Crippen molar-refractivity contribution >= 4 is 28.7 Å². The number of carbonyl (C=O) groups excluding carboxylic acids is 2. The Kier molecular flexibility index (Phi) is 3.35. The Morgan fingerprint density at radius 2 is 2.04 bits per heavy atom. The number of esters is 1. The first-order valence-electron chi connectivity index (χ1n) is 7.94. The van der Waals surface area contributed by atoms with E-state index in [1.54, 1.807) is 44.2 Å². The van der Waals surface area contributed by atoms with Gasteiger partial charge in [0.05, 0.1) is 5.56 Å². The fourth-order valence-corrected chi connectivity index (χ4v) is 3.04. The molecule has 1 aliphatic rings. The number of hydrogen-bond donors (Lipinski definition) is 1. The van der Waals surface area contributed by atoms with Gasteiger partial charge in [-0.05, 0) is 36.8 Å². The van der Waals surface area contributed by atoms with Crippen molar-refractivity contribution in [3.8, 4) is 0 Å². The molecule has 2 aromatic carbocycles. The van der Waals surface area contributed by atoms with E-state index in [0.29, 0.717) is 34.7 Å². The molecule has 6 nitrogen and oxygen atoms in total. The van der Waals surface area contributed by atoms with Crippen LogP contribution in [0.25, 0.3) is 11.1 Å². The molecule has 1 aliphatic heterocycles. The Morgan fingerprint density at radius 3 is 2.88 bits per heavy atom. The van der Waals surface area contributed by atoms with Crippen LogP contribution >= 0.6 is 0 Å². The number of nitrogens with one attached hydrogen (secondary N) is 1. The van der Waals surface area contributed by atoms with E-state index in [0.717, 1.165) is 5.56 Å². The summed E-state index contributed by atoms with van der Waals surface area (Å²) in [5.74, 6) is -0.305. The number of anilines is 1. The largest absolute Gasteiger partial charge is 0.445 e. The third-order valence-corrected chi connectivity index (χ3v) is 4.32. The first-order valence-corrected chi connectivity index (χ1v) is 7.94. The molecule has 6 heteroatoms. The van der Waals surface area contributed by atoms with Crippen LogP contribution in [0.5, 0.6) is 0 Å². The number of benzene rings is 2. The molecule has 0 radical (unpaired) electrons. The fourth-order valence-electron chi connectivity index (χ4n) is 3.04. The van der Waals surface area contributed by atoms with Gasteiger partial charge in [-0.3, -0.25) is 4.79 Å². The van der Waals surface area contributed by atoms with Crippen molar-refractivity contribution in [1.29, 1.82) is 0 Å². The predicted molar refractivity (Wildman–Crippen MR) is 91.3 cm³/mol. The van der Waals surface area contributed by atoms with Gasteiger partial charge in [-0.2, -0.15) is 0 Å². The number of carbonyl (C=O) groups is 2. The van der Waals surface area contributed by atoms with Crippen LogP contribution in [0.4, 0.5) is 5.69 Å². The third kappa shape index (κ3) is 2.65. The molecule has 126 valence electrons. The first-order chi connectivity index (χ1) is 11.9. The van der Waals surface area contributed by atoms with Gasteiger partial charge in [0.25, 0.3) is 5.91 Å². The number of nitrogens with zero attached hydrogens (tertiary/aromatic N) is 1. The van der Waals surface area contributed by atoms with Crippen molar-refractivity contribution in [2.75, 3.05) is 5.32 Å². The van der Waals surface area contributed by atoms with Gasteiger partial charge in [0.1, 0.15) is 5.52 Å². The fraction of sp³-hybridized carbons (Fsp3) is 0.211. The third-order valence-electron chi connectivity index (χ3n) is 4.32. The smallest absolute Gasteiger partial charge is 0.339 e. The molecule has 1 N–H and O–H groups in total. The average Bonchev–Trinajstić information content (AvgIpc) is 2.94. The lowest BCUT2D eigenvalue weighted by molar-refractivity contribution is -0.134. The summed E-state index contributed by atoms with van der Waals surface area (Å²) >= 11 is 0. The molecule has 2 heterocycles. The second kappa shape index (κ2) is 5.44. The van der Waals surface area contributed by atoms with Gasteiger partial charge >= 0.3 is 5.97 Å². The minimum Gasteiger partial charge on any atom is -0.445 e. The number of aromatic nitrogens is 1. The predicted octanol–water partition coefficient (Wildman–Crippen LogP) is 3.25. The molecule has 0 saturated heterocycles. The molecular formula is C19H16N2O4. The lowest BCUT2D eigenvalue weighted by Gasteiger charge is -2.33. The number of hydrogen-bond acceptors (Lipinski definition) is 5. The number of rotatable bonds is 2. The topological polar surface area (TPSA) is 81.4 Å². The number of oxazole rings is 1. The highest BCUT2D eigenvalue weighted by molar-refractivity contribution is 6.03. The Morgan fingerprint density at radius 1 is 1.24 bits per heavy atom. The molecule has 3 aromatic rings. The van der Waals surface area contributed by atoms with Crippen LogP contribution < -0.4 is 5.32 Å². The van der Waals surface area contributed by atoms with Gasteiger partial charge in [0.15, 0.2) is 17.1 Å². The molecule has 1 aromatic heterocycles. The van der Waals surface area contributed by atoms with E-state index in [1.807, 2.05) is 12.1 Å². The highest BCUT2D eigenvalue weighted by Crippen LogP contribution is 2.29. The minimum absolute atomic E-state index is 0.325. The van der Waals surface area contributed by atoms with Crippen molar-refractivity contribution < 1.29 is 18.7 Å². The lowest BCUT2D eigenvalue weighted by atomic mass is 9.89. The van der Waals surface area contributed by atoms with Gasteiger partial charge in [-0.25, -0.2) is 9.78 Å². The average molecular weight is 336 g/mol. The van der Waals surface area contributed by atoms with Gasteiger partial charge < -0.3 is 14.5 Å². The number of ether oxygens (including phenoxy) is 1. The van der Waals surface area contributed by atoms with Crippen LogP contribution in [0.2, 0.25) is 0 Å². The number of amides is 1. The van der Waals surface area contributed by atoms with E-state index in [2.05, 4.69) is 10.3 Å². The maximum Gasteiger partial charge on any atom is 0.339 e. The summed E-state index contributed by atoms with van der Waals surface area (Å²) in [6.07, 6.45) is 0.325. The van der Waals surface area contributed by atoms with Crippen LogP contribution in [0.1, 0.15) is 28.7 Å². The monoisotopic (exact) mass is 336 g/mol. The summed E-state index contributed by atoms with van der Waals surface area (Å²) in [4.78, 5) is 29.2. The Labute approximate surface area is 143 Å². The van der Waals surface area contributed by atoms with Crippen LogP contribution in [0.3, 0.4) is 0 Å². The molecule has 0 saturated carbocycles. The molecule has 1 amide bonds. The maximum atomic E-state index is 12.8. The van der Waals surface area contributed by atoms with Gasteiger partial charge in [-0.15, -0.1) is 0 Å². The molecule has 0 fully saturated rings. The number of aryl methyl sites for hydroxylation is 1. The summed E-state index contributed by atoms with van der Waals surface area (Å²) in [5, 5.41) is 2.81. The summed E-state index contributed by atoms with van der Waals surface area (Å²) < 4.78 is 10.9. The van der Waals surface area contributed by atoms with E-state index < -0.39 is 11.6 Å². The molecule has 0 aliphatic carbocycles. The Bertz CT molecular complexity index is 1010. The van der Waals surface area contributed by atoms with Crippen molar-refractivity contribution in [3.05, 3.63) is 59.5 Å². The molecule has 1 atom stereocenters. The van der Waals surface area contributed by atoms with Crippen LogP contribution in [-0.4, -0.2) is 22.5 Å². The molecule has 25 heavy (non-hydrogen) atoms. The normalized spacial score (nSPS) is 19.4. The van der Waals surface area contributed by atoms with Gasteiger partial charge in [0, 0.05) is 19.0 Å². The van der Waals surface area contributed by atoms with E-state index in [4.69, 9.17) is 9.15 Å². The van der Waals surface area contributed by atoms with Crippen molar-refractivity contribution in [1.82, 2.24) is 4.98 Å². The van der Waals surface area contributed by atoms with Gasteiger partial charge in [-0.1, -0.05) is 18.2 Å². The van der Waals surface area contributed by atoms with E-state index in [1.165, 1.54) is 0 Å². The van der Waals surface area contributed by atoms with Crippen LogP contribution in [0, 0.1) is 6.92 Å². The lowest BCUT2D eigenvalue weighted by Crippen LogP contribution is -2.48. The second-order valence-corrected chi connectivity index (χ2v) is 6.32. The first kappa shape index (κ1) is 15.4. The highest BCUT2D eigenvalue weighted by Gasteiger charge is 2.42. The minimum atomic E-state index is -1.26. The SMILES string of the molecule is Cc1nc2cc(NC(=O)C3(C)Cc4ccccc4C(=O)O3)ccc2o1. The van der Waals surface area contributed by atoms with Crippen molar-refractivity contribution in [3.63, 3.8) is 0 Å². The van der Waals surface area contributed by atoms with Crippen LogP contribution in [0.15, 0.2) is 46.9 Å². The molecule has 4 rings (SSSR count). The van der Waals surface area contributed by atoms with Crippen molar-refractivity contribution in [2.24, 2.45) is 0 Å². The number of fused-ring (bicyclic) bond motifs is 2. The zero-order valence-corrected chi connectivity index (χ0v) is 13.8. The number of cyclic esters (lactones) is 1. The van der Waals surface area contributed by atoms with Crippen LogP contribution in [-0.2, 0) is 16.0 Å². The summed E-state index contributed by atoms with van der Waals surface area (Å²) in [5.41, 5.74) is 1.93. The summed E-state index contributed by atoms with van der Waals surface area (Å²) in [7, 11) is 0. The van der Waals surface area contributed by atoms with Gasteiger partial charge in [0.2, 0.25) is 0 Å². The van der Waals surface area contributed by atoms with Crippen molar-refractivity contribution in [2.45, 2.75) is 25.9 Å². The quantitative estimate of drug-likeness (QED) is 0.727. The molecule has 1 unspecified atom stereocenters. The maximum absolute atomic E-state index is 12.8. The van der Waals surface area contributed by atoms with E-state index in [-0.39, 0.29) is 5.91 Å². The summed E-state index contributed by atoms with van der Waals surface area (Å²) in [6.45, 7) is 3.38. The Balaban J connectivity index is 1.60. The summed E-state index contributed by atoms with van der Waals surface area (Å²) in [6, 6.07) is 12.4.